The molecule has 19 heavy (non-hydrogen) atoms. The van der Waals surface area contributed by atoms with E-state index in [-0.39, 0.29) is 19.0 Å². The normalized spacial score (nSPS) is 27.2. The Kier molecular flexibility index (Phi) is 4.97. The summed E-state index contributed by atoms with van der Waals surface area (Å²) in [6.45, 7) is 1.84. The second-order valence-corrected chi connectivity index (χ2v) is 4.44. The summed E-state index contributed by atoms with van der Waals surface area (Å²) in [4.78, 5) is 68.6. The Morgan fingerprint density at radius 2 is 1.47 bits per heavy atom. The zero-order valence-electron chi connectivity index (χ0n) is 10.5. The molecule has 0 aromatic carbocycles. The maximum atomic E-state index is 11.8. The summed E-state index contributed by atoms with van der Waals surface area (Å²) < 4.78 is 0. The fourth-order valence-electron chi connectivity index (χ4n) is 2.05. The molecule has 0 saturated heterocycles. The first-order chi connectivity index (χ1) is 8.99. The lowest BCUT2D eigenvalue weighted by molar-refractivity contribution is -0.153. The highest BCUT2D eigenvalue weighted by molar-refractivity contribution is 6.38. The van der Waals surface area contributed by atoms with E-state index in [1.165, 1.54) is 0 Å². The molecule has 0 heterocycles. The zero-order valence-corrected chi connectivity index (χ0v) is 10.5. The highest BCUT2D eigenvalue weighted by Gasteiger charge is 2.51. The lowest BCUT2D eigenvalue weighted by atomic mass is 9.71. The number of ketones is 4. The van der Waals surface area contributed by atoms with Crippen LogP contribution >= 0.6 is 0 Å². The number of Topliss-reactive ketones (excluding diaryl/α,β-unsaturated/α-hetero) is 4. The third-order valence-electron chi connectivity index (χ3n) is 3.17. The maximum absolute atomic E-state index is 11.8. The Balaban J connectivity index is 3.08. The summed E-state index contributed by atoms with van der Waals surface area (Å²) in [6.07, 6.45) is 1.40. The van der Waals surface area contributed by atoms with E-state index in [1.54, 1.807) is 0 Å². The molecule has 1 aliphatic rings. The molecule has 1 saturated carbocycles. The van der Waals surface area contributed by atoms with Gasteiger partial charge in [-0.25, -0.2) is 0 Å². The summed E-state index contributed by atoms with van der Waals surface area (Å²) in [5.74, 6) is -8.64. The second-order valence-electron chi connectivity index (χ2n) is 4.44. The van der Waals surface area contributed by atoms with Gasteiger partial charge in [-0.05, 0) is 6.42 Å². The Hall–Kier alpha value is -1.98. The number of rotatable bonds is 6. The van der Waals surface area contributed by atoms with Crippen molar-refractivity contribution in [3.63, 3.8) is 0 Å². The molecule has 0 aromatic rings. The third kappa shape index (κ3) is 2.72. The van der Waals surface area contributed by atoms with E-state index in [2.05, 4.69) is 0 Å². The van der Waals surface area contributed by atoms with E-state index in [0.717, 1.165) is 0 Å². The van der Waals surface area contributed by atoms with Crippen molar-refractivity contribution in [1.29, 1.82) is 0 Å². The summed E-state index contributed by atoms with van der Waals surface area (Å²) in [6, 6.07) is 0. The van der Waals surface area contributed by atoms with E-state index in [0.29, 0.717) is 12.8 Å². The smallest absolute Gasteiger partial charge is 0.168 e. The quantitative estimate of drug-likeness (QED) is 0.483. The Bertz CT molecular complexity index is 420. The van der Waals surface area contributed by atoms with Crippen molar-refractivity contribution >= 4 is 35.7 Å². The van der Waals surface area contributed by atoms with Gasteiger partial charge < -0.3 is 9.59 Å². The highest BCUT2D eigenvalue weighted by atomic mass is 16.2. The van der Waals surface area contributed by atoms with Crippen LogP contribution < -0.4 is 0 Å². The molecule has 0 radical (unpaired) electrons. The zero-order chi connectivity index (χ0) is 14.6. The average Bonchev–Trinajstić information content (AvgIpc) is 2.37. The molecule has 1 rings (SSSR count). The van der Waals surface area contributed by atoms with Crippen molar-refractivity contribution in [2.45, 2.75) is 26.2 Å². The molecule has 0 amide bonds. The first-order valence-electron chi connectivity index (χ1n) is 6.04. The van der Waals surface area contributed by atoms with Gasteiger partial charge in [0.05, 0.1) is 0 Å². The number of hydrogen-bond acceptors (Lipinski definition) is 6. The van der Waals surface area contributed by atoms with Crippen molar-refractivity contribution < 1.29 is 28.8 Å². The molecule has 0 spiro atoms. The van der Waals surface area contributed by atoms with Crippen LogP contribution in [0.2, 0.25) is 0 Å². The van der Waals surface area contributed by atoms with Crippen LogP contribution in [-0.4, -0.2) is 35.7 Å². The van der Waals surface area contributed by atoms with Crippen molar-refractivity contribution in [3.05, 3.63) is 0 Å². The molecule has 1 fully saturated rings. The van der Waals surface area contributed by atoms with E-state index in [9.17, 15) is 28.8 Å². The standard InChI is InChI=1S/C13H14O6/c1-2-3-4-9(16)10-12(18)7(5-14)11(17)8(6-15)13(10)19/h5-8,10H,2-4H2,1H3. The fraction of sp³-hybridized carbons (Fsp3) is 0.538. The van der Waals surface area contributed by atoms with Crippen LogP contribution in [0.1, 0.15) is 26.2 Å². The van der Waals surface area contributed by atoms with Crippen LogP contribution in [-0.2, 0) is 28.8 Å². The van der Waals surface area contributed by atoms with Crippen LogP contribution in [0.3, 0.4) is 0 Å². The maximum Gasteiger partial charge on any atom is 0.168 e. The summed E-state index contributed by atoms with van der Waals surface area (Å²) >= 11 is 0. The molecule has 6 heteroatoms. The molecular weight excluding hydrogens is 252 g/mol. The predicted octanol–water partition coefficient (Wildman–Crippen LogP) is -0.287. The SMILES string of the molecule is CCCCC(=O)C1C(=O)C(C=O)C(=O)C(C=O)C1=O. The van der Waals surface area contributed by atoms with Crippen molar-refractivity contribution in [2.24, 2.45) is 17.8 Å². The molecular formula is C13H14O6. The summed E-state index contributed by atoms with van der Waals surface area (Å²) in [5.41, 5.74) is 0. The van der Waals surface area contributed by atoms with E-state index >= 15 is 0 Å². The Morgan fingerprint density at radius 3 is 1.84 bits per heavy atom. The Morgan fingerprint density at radius 1 is 1.00 bits per heavy atom. The molecule has 1 aliphatic carbocycles. The van der Waals surface area contributed by atoms with Gasteiger partial charge >= 0.3 is 0 Å². The number of unbranched alkanes of at least 4 members (excludes halogenated alkanes) is 1. The number of carbonyl (C=O) groups is 6. The number of hydrogen-bond donors (Lipinski definition) is 0. The molecule has 0 bridgehead atoms. The lowest BCUT2D eigenvalue weighted by Gasteiger charge is -2.25. The predicted molar refractivity (Wildman–Crippen MR) is 62.2 cm³/mol. The number of aldehydes is 2. The van der Waals surface area contributed by atoms with Gasteiger partial charge in [0.25, 0.3) is 0 Å². The molecule has 0 N–H and O–H groups in total. The van der Waals surface area contributed by atoms with Gasteiger partial charge in [0.1, 0.15) is 30.3 Å². The minimum absolute atomic E-state index is 0.0178. The minimum Gasteiger partial charge on any atom is -0.302 e. The van der Waals surface area contributed by atoms with Gasteiger partial charge in [-0.3, -0.25) is 19.2 Å². The third-order valence-corrected chi connectivity index (χ3v) is 3.17. The van der Waals surface area contributed by atoms with Crippen molar-refractivity contribution in [1.82, 2.24) is 0 Å². The van der Waals surface area contributed by atoms with Gasteiger partial charge in [0.2, 0.25) is 0 Å². The van der Waals surface area contributed by atoms with Crippen molar-refractivity contribution in [3.8, 4) is 0 Å². The first kappa shape index (κ1) is 15.1. The topological polar surface area (TPSA) is 102 Å². The van der Waals surface area contributed by atoms with Gasteiger partial charge in [-0.2, -0.15) is 0 Å². The van der Waals surface area contributed by atoms with Gasteiger partial charge in [-0.15, -0.1) is 0 Å². The van der Waals surface area contributed by atoms with Crippen LogP contribution in [0.25, 0.3) is 0 Å². The van der Waals surface area contributed by atoms with Crippen LogP contribution in [0.4, 0.5) is 0 Å². The van der Waals surface area contributed by atoms with Crippen molar-refractivity contribution in [2.75, 3.05) is 0 Å². The average molecular weight is 266 g/mol. The Labute approximate surface area is 109 Å². The minimum atomic E-state index is -1.68. The summed E-state index contributed by atoms with van der Waals surface area (Å²) in [7, 11) is 0. The molecule has 6 nitrogen and oxygen atoms in total. The second kappa shape index (κ2) is 6.26. The van der Waals surface area contributed by atoms with Crippen LogP contribution in [0, 0.1) is 17.8 Å². The lowest BCUT2D eigenvalue weighted by Crippen LogP contribution is -2.52. The van der Waals surface area contributed by atoms with Crippen LogP contribution in [0.15, 0.2) is 0 Å². The first-order valence-corrected chi connectivity index (χ1v) is 6.04. The monoisotopic (exact) mass is 266 g/mol. The molecule has 2 atom stereocenters. The number of carbonyl (C=O) groups excluding carboxylic acids is 6. The van der Waals surface area contributed by atoms with E-state index in [4.69, 9.17) is 0 Å². The molecule has 0 aromatic heterocycles. The molecule has 0 aliphatic heterocycles. The molecule has 102 valence electrons. The van der Waals surface area contributed by atoms with Crippen LogP contribution in [0.5, 0.6) is 0 Å². The fourth-order valence-corrected chi connectivity index (χ4v) is 2.05. The van der Waals surface area contributed by atoms with Gasteiger partial charge in [-0.1, -0.05) is 13.3 Å². The van der Waals surface area contributed by atoms with Gasteiger partial charge in [0, 0.05) is 6.42 Å². The summed E-state index contributed by atoms with van der Waals surface area (Å²) in [5, 5.41) is 0. The van der Waals surface area contributed by atoms with E-state index < -0.39 is 40.9 Å². The largest absolute Gasteiger partial charge is 0.302 e. The van der Waals surface area contributed by atoms with E-state index in [1.807, 2.05) is 6.92 Å². The highest BCUT2D eigenvalue weighted by Crippen LogP contribution is 2.25. The van der Waals surface area contributed by atoms with Gasteiger partial charge in [0.15, 0.2) is 23.1 Å². The molecule has 2 unspecified atom stereocenters.